The Bertz CT molecular complexity index is 627. The fraction of sp³-hybridized carbons (Fsp3) is 0.350. The smallest absolute Gasteiger partial charge is 0.238 e. The zero-order valence-electron chi connectivity index (χ0n) is 14.4. The molecule has 0 aliphatic carbocycles. The van der Waals surface area contributed by atoms with Gasteiger partial charge in [-0.2, -0.15) is 0 Å². The van der Waals surface area contributed by atoms with Crippen LogP contribution < -0.4 is 15.4 Å². The Kier molecular flexibility index (Phi) is 7.30. The third-order valence-corrected chi connectivity index (χ3v) is 3.54. The average Bonchev–Trinajstić information content (AvgIpc) is 2.56. The van der Waals surface area contributed by atoms with Crippen molar-refractivity contribution in [2.75, 3.05) is 18.5 Å². The molecule has 0 aromatic heterocycles. The second-order valence-electron chi connectivity index (χ2n) is 6.20. The number of anilines is 1. The van der Waals surface area contributed by atoms with Crippen molar-refractivity contribution in [3.05, 3.63) is 60.2 Å². The number of hydrogen-bond donors (Lipinski definition) is 2. The highest BCUT2D eigenvalue weighted by Gasteiger charge is 2.04. The highest BCUT2D eigenvalue weighted by molar-refractivity contribution is 5.92. The minimum Gasteiger partial charge on any atom is -0.494 e. The highest BCUT2D eigenvalue weighted by atomic mass is 16.5. The first-order valence-electron chi connectivity index (χ1n) is 8.41. The van der Waals surface area contributed by atoms with Crippen LogP contribution in [0.25, 0.3) is 0 Å². The molecule has 0 saturated heterocycles. The molecule has 0 bridgehead atoms. The molecule has 0 saturated carbocycles. The predicted molar refractivity (Wildman–Crippen MR) is 98.2 cm³/mol. The van der Waals surface area contributed by atoms with E-state index in [1.165, 1.54) is 0 Å². The number of nitrogens with one attached hydrogen (secondary N) is 2. The van der Waals surface area contributed by atoms with Gasteiger partial charge in [-0.15, -0.1) is 0 Å². The lowest BCUT2D eigenvalue weighted by atomic mass is 10.1. The van der Waals surface area contributed by atoms with Crippen LogP contribution in [0.2, 0.25) is 0 Å². The Morgan fingerprint density at radius 1 is 1.08 bits per heavy atom. The van der Waals surface area contributed by atoms with Gasteiger partial charge in [0.1, 0.15) is 5.75 Å². The number of carbonyl (C=O) groups is 1. The second-order valence-corrected chi connectivity index (χ2v) is 6.20. The summed E-state index contributed by atoms with van der Waals surface area (Å²) in [7, 11) is 0. The third kappa shape index (κ3) is 6.84. The quantitative estimate of drug-likeness (QED) is 0.736. The third-order valence-electron chi connectivity index (χ3n) is 3.54. The molecule has 1 amide bonds. The lowest BCUT2D eigenvalue weighted by molar-refractivity contribution is -0.115. The largest absolute Gasteiger partial charge is 0.494 e. The van der Waals surface area contributed by atoms with E-state index in [2.05, 4.69) is 24.5 Å². The van der Waals surface area contributed by atoms with Crippen molar-refractivity contribution in [2.45, 2.75) is 26.8 Å². The molecular formula is C20H26N2O2. The van der Waals surface area contributed by atoms with Crippen LogP contribution in [0, 0.1) is 5.92 Å². The van der Waals surface area contributed by atoms with Crippen molar-refractivity contribution in [3.8, 4) is 5.75 Å². The summed E-state index contributed by atoms with van der Waals surface area (Å²) in [5.41, 5.74) is 1.91. The van der Waals surface area contributed by atoms with Crippen molar-refractivity contribution in [1.29, 1.82) is 0 Å². The van der Waals surface area contributed by atoms with E-state index in [0.29, 0.717) is 19.1 Å². The van der Waals surface area contributed by atoms with Gasteiger partial charge < -0.3 is 15.4 Å². The topological polar surface area (TPSA) is 50.4 Å². The molecule has 0 unspecified atom stereocenters. The highest BCUT2D eigenvalue weighted by Crippen LogP contribution is 2.18. The van der Waals surface area contributed by atoms with E-state index in [0.717, 1.165) is 23.4 Å². The molecule has 2 aromatic rings. The fourth-order valence-electron chi connectivity index (χ4n) is 2.20. The lowest BCUT2D eigenvalue weighted by Gasteiger charge is -2.10. The van der Waals surface area contributed by atoms with Gasteiger partial charge in [-0.3, -0.25) is 4.79 Å². The molecule has 0 radical (unpaired) electrons. The summed E-state index contributed by atoms with van der Waals surface area (Å²) in [6.45, 7) is 5.97. The zero-order valence-corrected chi connectivity index (χ0v) is 14.4. The van der Waals surface area contributed by atoms with Crippen LogP contribution in [0.3, 0.4) is 0 Å². The van der Waals surface area contributed by atoms with Gasteiger partial charge in [-0.1, -0.05) is 50.2 Å². The van der Waals surface area contributed by atoms with Crippen molar-refractivity contribution < 1.29 is 9.53 Å². The van der Waals surface area contributed by atoms with Crippen LogP contribution in [0.5, 0.6) is 5.75 Å². The van der Waals surface area contributed by atoms with E-state index in [1.54, 1.807) is 0 Å². The Balaban J connectivity index is 1.74. The fourth-order valence-corrected chi connectivity index (χ4v) is 2.20. The van der Waals surface area contributed by atoms with E-state index < -0.39 is 0 Å². The minimum absolute atomic E-state index is 0.0646. The number of hydrogen-bond acceptors (Lipinski definition) is 3. The number of amides is 1. The zero-order chi connectivity index (χ0) is 17.2. The van der Waals surface area contributed by atoms with Crippen LogP contribution >= 0.6 is 0 Å². The van der Waals surface area contributed by atoms with Crippen LogP contribution in [-0.4, -0.2) is 19.1 Å². The second kappa shape index (κ2) is 9.73. The van der Waals surface area contributed by atoms with Gasteiger partial charge in [0.25, 0.3) is 0 Å². The van der Waals surface area contributed by atoms with Crippen LogP contribution in [-0.2, 0) is 11.3 Å². The monoisotopic (exact) mass is 326 g/mol. The summed E-state index contributed by atoms with van der Waals surface area (Å²) >= 11 is 0. The van der Waals surface area contributed by atoms with Gasteiger partial charge in [0.05, 0.1) is 13.2 Å². The van der Waals surface area contributed by atoms with Gasteiger partial charge in [-0.25, -0.2) is 0 Å². The van der Waals surface area contributed by atoms with Gasteiger partial charge in [0.2, 0.25) is 5.91 Å². The molecule has 2 aromatic carbocycles. The maximum Gasteiger partial charge on any atom is 0.238 e. The first kappa shape index (κ1) is 18.0. The summed E-state index contributed by atoms with van der Waals surface area (Å²) in [6, 6.07) is 17.5. The Morgan fingerprint density at radius 2 is 1.88 bits per heavy atom. The molecular weight excluding hydrogens is 300 g/mol. The van der Waals surface area contributed by atoms with Gasteiger partial charge in [-0.05, 0) is 30.0 Å². The molecule has 0 spiro atoms. The molecule has 24 heavy (non-hydrogen) atoms. The number of carbonyl (C=O) groups excluding carboxylic acids is 1. The van der Waals surface area contributed by atoms with Crippen LogP contribution in [0.15, 0.2) is 54.6 Å². The predicted octanol–water partition coefficient (Wildman–Crippen LogP) is 3.84. The Hall–Kier alpha value is -2.33. The van der Waals surface area contributed by atoms with Crippen LogP contribution in [0.1, 0.15) is 25.8 Å². The summed E-state index contributed by atoms with van der Waals surface area (Å²) in [5.74, 6) is 1.33. The van der Waals surface area contributed by atoms with Gasteiger partial charge in [0, 0.05) is 18.3 Å². The average molecular weight is 326 g/mol. The molecule has 4 heteroatoms. The maximum atomic E-state index is 12.0. The summed E-state index contributed by atoms with van der Waals surface area (Å²) in [6.07, 6.45) is 1.01. The van der Waals surface area contributed by atoms with E-state index in [9.17, 15) is 4.79 Å². The standard InChI is InChI=1S/C20H26N2O2/c1-16(2)11-12-24-19-10-6-9-18(13-19)22-20(23)15-21-14-17-7-4-3-5-8-17/h3-10,13,16,21H,11-12,14-15H2,1-2H3,(H,22,23). The van der Waals surface area contributed by atoms with E-state index in [-0.39, 0.29) is 12.5 Å². The van der Waals surface area contributed by atoms with Crippen molar-refractivity contribution in [2.24, 2.45) is 5.92 Å². The van der Waals surface area contributed by atoms with Gasteiger partial charge >= 0.3 is 0 Å². The number of benzene rings is 2. The number of ether oxygens (including phenoxy) is 1. The normalized spacial score (nSPS) is 10.6. The van der Waals surface area contributed by atoms with Gasteiger partial charge in [0.15, 0.2) is 0 Å². The molecule has 0 aliphatic rings. The van der Waals surface area contributed by atoms with Crippen molar-refractivity contribution in [1.82, 2.24) is 5.32 Å². The summed E-state index contributed by atoms with van der Waals surface area (Å²) < 4.78 is 5.71. The summed E-state index contributed by atoms with van der Waals surface area (Å²) in [5, 5.41) is 6.03. The molecule has 0 heterocycles. The van der Waals surface area contributed by atoms with Crippen molar-refractivity contribution in [3.63, 3.8) is 0 Å². The van der Waals surface area contributed by atoms with Crippen molar-refractivity contribution >= 4 is 11.6 Å². The molecule has 0 fully saturated rings. The first-order valence-corrected chi connectivity index (χ1v) is 8.41. The van der Waals surface area contributed by atoms with Crippen LogP contribution in [0.4, 0.5) is 5.69 Å². The first-order chi connectivity index (χ1) is 11.6. The lowest BCUT2D eigenvalue weighted by Crippen LogP contribution is -2.27. The maximum absolute atomic E-state index is 12.0. The van der Waals surface area contributed by atoms with E-state index >= 15 is 0 Å². The molecule has 4 nitrogen and oxygen atoms in total. The van der Waals surface area contributed by atoms with E-state index in [1.807, 2.05) is 54.6 Å². The molecule has 0 aliphatic heterocycles. The summed E-state index contributed by atoms with van der Waals surface area (Å²) in [4.78, 5) is 12.0. The SMILES string of the molecule is CC(C)CCOc1cccc(NC(=O)CNCc2ccccc2)c1. The minimum atomic E-state index is -0.0646. The Morgan fingerprint density at radius 3 is 2.62 bits per heavy atom. The number of rotatable bonds is 9. The van der Waals surface area contributed by atoms with E-state index in [4.69, 9.17) is 4.74 Å². The molecule has 2 N–H and O–H groups in total. The molecule has 2 rings (SSSR count). The molecule has 0 atom stereocenters. The molecule has 128 valence electrons. The Labute approximate surface area is 144 Å².